The number of carbonyl (C=O) groups excluding carboxylic acids is 1. The van der Waals surface area contributed by atoms with Crippen LogP contribution in [0, 0.1) is 0 Å². The second kappa shape index (κ2) is 8.98. The van der Waals surface area contributed by atoms with Gasteiger partial charge in [0.2, 0.25) is 5.91 Å². The number of nitrogens with two attached hydrogens (primary N) is 1. The molecule has 4 rings (SSSR count). The van der Waals surface area contributed by atoms with Crippen LogP contribution in [0.15, 0.2) is 29.4 Å². The number of fused-ring (bicyclic) bond motifs is 1. The zero-order valence-corrected chi connectivity index (χ0v) is 17.2. The highest BCUT2D eigenvalue weighted by molar-refractivity contribution is 6.03. The van der Waals surface area contributed by atoms with Gasteiger partial charge in [-0.25, -0.2) is 0 Å². The summed E-state index contributed by atoms with van der Waals surface area (Å²) in [5.74, 6) is 0.661. The van der Waals surface area contributed by atoms with E-state index in [-0.39, 0.29) is 24.3 Å². The number of nitrogen functional groups attached to an aromatic ring is 1. The van der Waals surface area contributed by atoms with Crippen molar-refractivity contribution in [1.82, 2.24) is 15.0 Å². The van der Waals surface area contributed by atoms with Crippen molar-refractivity contribution < 1.29 is 9.53 Å². The number of ether oxygens (including phenoxy) is 1. The lowest BCUT2D eigenvalue weighted by Crippen LogP contribution is -2.39. The predicted molar refractivity (Wildman–Crippen MR) is 116 cm³/mol. The van der Waals surface area contributed by atoms with Gasteiger partial charge in [-0.05, 0) is 17.5 Å². The fourth-order valence-electron chi connectivity index (χ4n) is 3.54. The molecule has 0 unspecified atom stereocenters. The summed E-state index contributed by atoms with van der Waals surface area (Å²) >= 11 is 0. The lowest BCUT2D eigenvalue weighted by atomic mass is 10.1. The number of unbranched alkanes of at least 4 members (excludes halogenated alkanes) is 1. The van der Waals surface area contributed by atoms with E-state index in [1.54, 1.807) is 0 Å². The van der Waals surface area contributed by atoms with Crippen molar-refractivity contribution in [2.24, 2.45) is 5.10 Å². The number of carbonyl (C=O) groups is 1. The Morgan fingerprint density at radius 2 is 2.07 bits per heavy atom. The second-order valence-electron chi connectivity index (χ2n) is 7.49. The third-order valence-corrected chi connectivity index (χ3v) is 5.02. The Kier molecular flexibility index (Phi) is 5.97. The van der Waals surface area contributed by atoms with Crippen LogP contribution in [0.2, 0.25) is 0 Å². The Bertz CT molecular complexity index is 947. The number of aromatic nitrogens is 2. The summed E-state index contributed by atoms with van der Waals surface area (Å²) in [6.07, 6.45) is 4.86. The van der Waals surface area contributed by atoms with Gasteiger partial charge in [-0.3, -0.25) is 9.80 Å². The molecule has 1 amide bonds. The van der Waals surface area contributed by atoms with Gasteiger partial charge in [-0.1, -0.05) is 37.6 Å². The minimum Gasteiger partial charge on any atom is -0.463 e. The average molecular weight is 409 g/mol. The molecule has 2 aliphatic heterocycles. The summed E-state index contributed by atoms with van der Waals surface area (Å²) < 4.78 is 5.65. The summed E-state index contributed by atoms with van der Waals surface area (Å²) in [7, 11) is 0. The van der Waals surface area contributed by atoms with Crippen LogP contribution >= 0.6 is 0 Å². The first-order valence-electron chi connectivity index (χ1n) is 10.3. The van der Waals surface area contributed by atoms with Crippen LogP contribution in [0.25, 0.3) is 0 Å². The maximum atomic E-state index is 12.3. The van der Waals surface area contributed by atoms with Gasteiger partial charge in [0.25, 0.3) is 0 Å². The van der Waals surface area contributed by atoms with Gasteiger partial charge in [0, 0.05) is 25.7 Å². The van der Waals surface area contributed by atoms with Crippen molar-refractivity contribution in [3.05, 3.63) is 35.4 Å². The molecule has 0 fully saturated rings. The topological polar surface area (TPSA) is 109 Å². The number of hydrogen-bond donors (Lipinski definition) is 2. The van der Waals surface area contributed by atoms with Crippen LogP contribution in [0.4, 0.5) is 17.3 Å². The average Bonchev–Trinajstić information content (AvgIpc) is 3.22. The molecule has 1 aromatic carbocycles. The molecule has 2 aromatic rings. The second-order valence-corrected chi connectivity index (χ2v) is 7.49. The molecule has 0 spiro atoms. The lowest BCUT2D eigenvalue weighted by Gasteiger charge is -2.30. The Balaban J connectivity index is 1.55. The molecule has 3 heterocycles. The molecule has 9 heteroatoms. The van der Waals surface area contributed by atoms with Crippen LogP contribution < -0.4 is 20.7 Å². The molecule has 0 bridgehead atoms. The van der Waals surface area contributed by atoms with Gasteiger partial charge in [-0.15, -0.1) is 0 Å². The number of benzene rings is 1. The number of hydrogen-bond acceptors (Lipinski definition) is 8. The summed E-state index contributed by atoms with van der Waals surface area (Å²) in [6, 6.07) is 8.55. The quantitative estimate of drug-likeness (QED) is 0.644. The number of hydrazone groups is 1. The Morgan fingerprint density at radius 1 is 1.23 bits per heavy atom. The van der Waals surface area contributed by atoms with Gasteiger partial charge >= 0.3 is 6.01 Å². The Morgan fingerprint density at radius 3 is 2.83 bits per heavy atom. The van der Waals surface area contributed by atoms with Crippen molar-refractivity contribution in [3.8, 4) is 6.01 Å². The molecule has 0 atom stereocenters. The smallest absolute Gasteiger partial charge is 0.320 e. The van der Waals surface area contributed by atoms with Crippen LogP contribution in [0.5, 0.6) is 6.01 Å². The van der Waals surface area contributed by atoms with Gasteiger partial charge in [-0.2, -0.15) is 15.1 Å². The fraction of sp³-hybridized carbons (Fsp3) is 0.429. The van der Waals surface area contributed by atoms with Gasteiger partial charge in [0.1, 0.15) is 5.69 Å². The maximum Gasteiger partial charge on any atom is 0.320 e. The number of anilines is 3. The molecule has 1 aromatic heterocycles. The van der Waals surface area contributed by atoms with E-state index in [9.17, 15) is 4.79 Å². The van der Waals surface area contributed by atoms with E-state index in [0.29, 0.717) is 24.7 Å². The van der Waals surface area contributed by atoms with Gasteiger partial charge in [0.05, 0.1) is 19.7 Å². The molecule has 30 heavy (non-hydrogen) atoms. The number of rotatable bonds is 8. The first-order chi connectivity index (χ1) is 14.6. The fourth-order valence-corrected chi connectivity index (χ4v) is 3.54. The Labute approximate surface area is 175 Å². The van der Waals surface area contributed by atoms with Gasteiger partial charge < -0.3 is 20.7 Å². The van der Waals surface area contributed by atoms with Crippen LogP contribution in [-0.4, -0.2) is 46.8 Å². The minimum atomic E-state index is -0.139. The molecule has 2 aliphatic rings. The third kappa shape index (κ3) is 4.61. The predicted octanol–water partition coefficient (Wildman–Crippen LogP) is 2.39. The van der Waals surface area contributed by atoms with Crippen molar-refractivity contribution in [1.29, 1.82) is 0 Å². The normalized spacial score (nSPS) is 15.3. The van der Waals surface area contributed by atoms with E-state index in [1.165, 1.54) is 5.56 Å². The Hall–Kier alpha value is -3.36. The molecule has 0 aliphatic carbocycles. The SMILES string of the molecule is CCCCOc1nc(N)c2c(n1)N(Cc1cccc(CN3CCC=N3)c1)CC(=O)N2. The summed E-state index contributed by atoms with van der Waals surface area (Å²) in [5, 5.41) is 9.21. The summed E-state index contributed by atoms with van der Waals surface area (Å²) in [6.45, 7) is 5.06. The molecule has 0 radical (unpaired) electrons. The molecule has 158 valence electrons. The van der Waals surface area contributed by atoms with E-state index in [0.717, 1.165) is 37.9 Å². The number of nitrogens with zero attached hydrogens (tertiary/aromatic N) is 5. The van der Waals surface area contributed by atoms with E-state index in [2.05, 4.69) is 44.5 Å². The summed E-state index contributed by atoms with van der Waals surface area (Å²) in [4.78, 5) is 22.9. The standard InChI is InChI=1S/C21H27N7O2/c1-2-3-10-30-21-25-19(22)18-20(26-21)27(14-17(29)24-18)12-15-6-4-7-16(11-15)13-28-9-5-8-23-28/h4,6-8,11H,2-3,5,9-10,12-14H2,1H3,(H,24,29)(H2,22,25,26). The zero-order valence-electron chi connectivity index (χ0n) is 17.2. The molecule has 9 nitrogen and oxygen atoms in total. The van der Waals surface area contributed by atoms with Crippen LogP contribution in [0.3, 0.4) is 0 Å². The molecule has 3 N–H and O–H groups in total. The number of amides is 1. The largest absolute Gasteiger partial charge is 0.463 e. The van der Waals surface area contributed by atoms with E-state index in [4.69, 9.17) is 10.5 Å². The molecule has 0 saturated carbocycles. The zero-order chi connectivity index (χ0) is 20.9. The third-order valence-electron chi connectivity index (χ3n) is 5.02. The first-order valence-corrected chi connectivity index (χ1v) is 10.3. The highest BCUT2D eigenvalue weighted by atomic mass is 16.5. The van der Waals surface area contributed by atoms with Crippen molar-refractivity contribution >= 4 is 29.4 Å². The maximum absolute atomic E-state index is 12.3. The van der Waals surface area contributed by atoms with E-state index < -0.39 is 0 Å². The summed E-state index contributed by atoms with van der Waals surface area (Å²) in [5.41, 5.74) is 8.79. The molecular formula is C21H27N7O2. The molecule has 0 saturated heterocycles. The first kappa shape index (κ1) is 19.9. The van der Waals surface area contributed by atoms with Crippen LogP contribution in [-0.2, 0) is 17.9 Å². The van der Waals surface area contributed by atoms with E-state index in [1.807, 2.05) is 23.2 Å². The van der Waals surface area contributed by atoms with Crippen molar-refractivity contribution in [2.45, 2.75) is 39.3 Å². The monoisotopic (exact) mass is 409 g/mol. The van der Waals surface area contributed by atoms with E-state index >= 15 is 0 Å². The van der Waals surface area contributed by atoms with Crippen molar-refractivity contribution in [2.75, 3.05) is 35.6 Å². The molecular weight excluding hydrogens is 382 g/mol. The lowest BCUT2D eigenvalue weighted by molar-refractivity contribution is -0.115. The van der Waals surface area contributed by atoms with Crippen LogP contribution in [0.1, 0.15) is 37.3 Å². The minimum absolute atomic E-state index is 0.139. The number of nitrogens with one attached hydrogen (secondary N) is 1. The van der Waals surface area contributed by atoms with Crippen molar-refractivity contribution in [3.63, 3.8) is 0 Å². The highest BCUT2D eigenvalue weighted by Crippen LogP contribution is 2.34. The highest BCUT2D eigenvalue weighted by Gasteiger charge is 2.27. The van der Waals surface area contributed by atoms with Gasteiger partial charge in [0.15, 0.2) is 11.6 Å².